The van der Waals surface area contributed by atoms with Gasteiger partial charge in [-0.3, -0.25) is 9.59 Å². The van der Waals surface area contributed by atoms with Crippen molar-refractivity contribution < 1.29 is 29.1 Å². The summed E-state index contributed by atoms with van der Waals surface area (Å²) in [6.45, 7) is 13.0. The average molecular weight is 538 g/mol. The molecule has 8 nitrogen and oxygen atoms in total. The minimum Gasteiger partial charge on any atom is -0.460 e. The first-order valence-electron chi connectivity index (χ1n) is 14.3. The Hall–Kier alpha value is -2.20. The lowest BCUT2D eigenvalue weighted by Gasteiger charge is -2.61. The highest BCUT2D eigenvalue weighted by atomic mass is 16.5. The quantitative estimate of drug-likeness (QED) is 0.247. The van der Waals surface area contributed by atoms with E-state index in [-0.39, 0.29) is 42.0 Å². The van der Waals surface area contributed by atoms with Crippen molar-refractivity contribution in [2.24, 2.45) is 39.7 Å². The van der Waals surface area contributed by atoms with Crippen molar-refractivity contribution in [3.05, 3.63) is 35.9 Å². The van der Waals surface area contributed by atoms with Crippen molar-refractivity contribution in [3.8, 4) is 0 Å². The zero-order valence-electron chi connectivity index (χ0n) is 23.7. The standard InChI is InChI=1S/C30H43BN2O6/c1-6-28(4)13-24(29(5)17(2)7-9-30(18(3)27(28)36)10-8-23(34)26(29)30)39-25(35)15-33-20-11-19(14-32)21-16-38-31(37)22(21)12-20/h6,11-12,17-18,24,26-27,33,36-37H,1,7-10,13-16,32H2,2-5H3/t17-,18+,24-,26+,27+,28-,29+,30+/m1/s1. The number of Topliss-reactive ketones (excluding diaryl/α,β-unsaturated/α-hetero) is 1. The van der Waals surface area contributed by atoms with Crippen LogP contribution in [0.1, 0.15) is 70.9 Å². The number of ketones is 1. The zero-order valence-corrected chi connectivity index (χ0v) is 23.7. The molecule has 3 aliphatic carbocycles. The van der Waals surface area contributed by atoms with Gasteiger partial charge in [0, 0.05) is 35.4 Å². The van der Waals surface area contributed by atoms with Crippen molar-refractivity contribution in [2.75, 3.05) is 11.9 Å². The number of anilines is 1. The molecule has 0 aromatic heterocycles. The van der Waals surface area contributed by atoms with Crippen LogP contribution in [0.5, 0.6) is 0 Å². The molecule has 4 aliphatic rings. The van der Waals surface area contributed by atoms with Crippen molar-refractivity contribution >= 4 is 30.0 Å². The molecule has 212 valence electrons. The number of benzene rings is 1. The summed E-state index contributed by atoms with van der Waals surface area (Å²) in [7, 11) is -1.02. The van der Waals surface area contributed by atoms with Gasteiger partial charge >= 0.3 is 13.1 Å². The van der Waals surface area contributed by atoms with E-state index in [1.807, 2.05) is 13.0 Å². The number of nitrogens with two attached hydrogens (primary N) is 1. The van der Waals surface area contributed by atoms with Crippen molar-refractivity contribution in [3.63, 3.8) is 0 Å². The van der Waals surface area contributed by atoms with E-state index in [4.69, 9.17) is 15.1 Å². The van der Waals surface area contributed by atoms with Gasteiger partial charge in [0.05, 0.1) is 12.7 Å². The lowest BCUT2D eigenvalue weighted by molar-refractivity contribution is -0.205. The van der Waals surface area contributed by atoms with Crippen LogP contribution in [0.4, 0.5) is 5.69 Å². The Morgan fingerprint density at radius 3 is 2.77 bits per heavy atom. The van der Waals surface area contributed by atoms with Crippen molar-refractivity contribution in [2.45, 2.75) is 85.2 Å². The average Bonchev–Trinajstić information content (AvgIpc) is 3.48. The Morgan fingerprint density at radius 2 is 2.08 bits per heavy atom. The molecule has 1 heterocycles. The van der Waals surface area contributed by atoms with Gasteiger partial charge < -0.3 is 30.6 Å². The van der Waals surface area contributed by atoms with Crippen LogP contribution in [0.15, 0.2) is 24.8 Å². The van der Waals surface area contributed by atoms with Crippen LogP contribution >= 0.6 is 0 Å². The summed E-state index contributed by atoms with van der Waals surface area (Å²) in [5.41, 5.74) is 7.42. The zero-order chi connectivity index (χ0) is 28.3. The fraction of sp³-hybridized carbons (Fsp3) is 0.667. The summed E-state index contributed by atoms with van der Waals surface area (Å²) in [5, 5.41) is 25.0. The maximum atomic E-state index is 13.5. The molecule has 1 aliphatic heterocycles. The number of aliphatic hydroxyl groups is 1. The number of hydrogen-bond acceptors (Lipinski definition) is 8. The van der Waals surface area contributed by atoms with E-state index >= 15 is 0 Å². The van der Waals surface area contributed by atoms with Crippen LogP contribution < -0.4 is 16.5 Å². The van der Waals surface area contributed by atoms with E-state index in [0.717, 1.165) is 30.4 Å². The van der Waals surface area contributed by atoms with Gasteiger partial charge in [0.1, 0.15) is 18.4 Å². The molecule has 5 rings (SSSR count). The molecule has 0 unspecified atom stereocenters. The van der Waals surface area contributed by atoms with Crippen LogP contribution in [0.25, 0.3) is 0 Å². The molecule has 5 N–H and O–H groups in total. The number of fused-ring (bicyclic) bond motifs is 1. The normalized spacial score (nSPS) is 39.4. The van der Waals surface area contributed by atoms with Gasteiger partial charge in [0.15, 0.2) is 0 Å². The third-order valence-electron chi connectivity index (χ3n) is 11.3. The number of esters is 1. The Kier molecular flexibility index (Phi) is 7.28. The Balaban J connectivity index is 1.44. The highest BCUT2D eigenvalue weighted by Crippen LogP contribution is 2.68. The number of aliphatic hydroxyl groups excluding tert-OH is 1. The number of carbonyl (C=O) groups is 2. The van der Waals surface area contributed by atoms with E-state index in [9.17, 15) is 19.7 Å². The molecule has 1 aromatic rings. The second kappa shape index (κ2) is 10.0. The van der Waals surface area contributed by atoms with Crippen LogP contribution in [-0.4, -0.2) is 47.8 Å². The van der Waals surface area contributed by atoms with Crippen LogP contribution in [0.3, 0.4) is 0 Å². The first-order chi connectivity index (χ1) is 18.4. The molecule has 8 atom stereocenters. The molecule has 3 fully saturated rings. The number of nitrogens with one attached hydrogen (secondary N) is 1. The Morgan fingerprint density at radius 1 is 1.33 bits per heavy atom. The summed E-state index contributed by atoms with van der Waals surface area (Å²) in [6.07, 6.45) is 4.04. The van der Waals surface area contributed by atoms with E-state index in [1.165, 1.54) is 0 Å². The van der Waals surface area contributed by atoms with Crippen molar-refractivity contribution in [1.82, 2.24) is 0 Å². The molecule has 0 amide bonds. The topological polar surface area (TPSA) is 131 Å². The third kappa shape index (κ3) is 4.28. The Bertz CT molecular complexity index is 1180. The summed E-state index contributed by atoms with van der Waals surface area (Å²) >= 11 is 0. The van der Waals surface area contributed by atoms with Gasteiger partial charge in [0.25, 0.3) is 0 Å². The smallest absolute Gasteiger partial charge is 0.460 e. The van der Waals surface area contributed by atoms with E-state index in [0.29, 0.717) is 30.6 Å². The molecular formula is C30H43BN2O6. The predicted molar refractivity (Wildman–Crippen MR) is 150 cm³/mol. The van der Waals surface area contributed by atoms with Crippen molar-refractivity contribution in [1.29, 1.82) is 0 Å². The van der Waals surface area contributed by atoms with E-state index in [1.54, 1.807) is 12.1 Å². The second-order valence-electron chi connectivity index (χ2n) is 13.0. The summed E-state index contributed by atoms with van der Waals surface area (Å²) < 4.78 is 11.6. The minimum atomic E-state index is -1.02. The summed E-state index contributed by atoms with van der Waals surface area (Å²) in [5.74, 6) is -0.360. The molecule has 39 heavy (non-hydrogen) atoms. The van der Waals surface area contributed by atoms with Crippen LogP contribution in [-0.2, 0) is 32.1 Å². The molecule has 0 radical (unpaired) electrons. The van der Waals surface area contributed by atoms with Crippen LogP contribution in [0.2, 0.25) is 0 Å². The van der Waals surface area contributed by atoms with E-state index < -0.39 is 36.1 Å². The van der Waals surface area contributed by atoms with Gasteiger partial charge in [-0.2, -0.15) is 0 Å². The summed E-state index contributed by atoms with van der Waals surface area (Å²) in [6, 6.07) is 3.64. The van der Waals surface area contributed by atoms with Gasteiger partial charge in [-0.15, -0.1) is 6.58 Å². The number of rotatable bonds is 6. The lowest BCUT2D eigenvalue weighted by atomic mass is 9.44. The fourth-order valence-corrected chi connectivity index (χ4v) is 8.57. The maximum absolute atomic E-state index is 13.5. The van der Waals surface area contributed by atoms with Gasteiger partial charge in [0.2, 0.25) is 0 Å². The maximum Gasteiger partial charge on any atom is 0.491 e. The molecule has 3 saturated carbocycles. The molecule has 9 heteroatoms. The monoisotopic (exact) mass is 538 g/mol. The summed E-state index contributed by atoms with van der Waals surface area (Å²) in [4.78, 5) is 26.9. The Labute approximate surface area is 231 Å². The number of ether oxygens (including phenoxy) is 1. The van der Waals surface area contributed by atoms with Gasteiger partial charge in [-0.25, -0.2) is 0 Å². The van der Waals surface area contributed by atoms with Gasteiger partial charge in [-0.1, -0.05) is 33.8 Å². The molecular weight excluding hydrogens is 495 g/mol. The van der Waals surface area contributed by atoms with E-state index in [2.05, 4.69) is 32.7 Å². The second-order valence-corrected chi connectivity index (χ2v) is 13.0. The predicted octanol–water partition coefficient (Wildman–Crippen LogP) is 2.68. The molecule has 0 spiro atoms. The minimum absolute atomic E-state index is 0.0713. The lowest BCUT2D eigenvalue weighted by Crippen LogP contribution is -2.63. The molecule has 2 bridgehead atoms. The molecule has 0 saturated heterocycles. The first-order valence-corrected chi connectivity index (χ1v) is 14.3. The fourth-order valence-electron chi connectivity index (χ4n) is 8.57. The highest BCUT2D eigenvalue weighted by molar-refractivity contribution is 6.61. The highest BCUT2D eigenvalue weighted by Gasteiger charge is 2.68. The van der Waals surface area contributed by atoms with Gasteiger partial charge in [-0.05, 0) is 71.7 Å². The number of hydrogen-bond donors (Lipinski definition) is 4. The largest absolute Gasteiger partial charge is 0.491 e. The first kappa shape index (κ1) is 28.3. The number of carbonyl (C=O) groups excluding carboxylic acids is 2. The third-order valence-corrected chi connectivity index (χ3v) is 11.3. The molecule has 1 aromatic carbocycles. The van der Waals surface area contributed by atoms with Crippen LogP contribution in [0, 0.1) is 34.0 Å². The SMILES string of the molecule is C=C[C@]1(C)C[C@@H](OC(=O)CNc2cc(CN)c3c(c2)B(O)OC3)[C@]2(C)[C@H](C)CC[C@]3(CCC(=O)[C@H]32)[C@@H](C)[C@@H]1O.